The molecule has 3 heterocycles. The van der Waals surface area contributed by atoms with Crippen molar-refractivity contribution >= 4 is 5.91 Å². The fourth-order valence-electron chi connectivity index (χ4n) is 2.98. The summed E-state index contributed by atoms with van der Waals surface area (Å²) in [5, 5.41) is 7.83. The Balaban J connectivity index is 1.83. The summed E-state index contributed by atoms with van der Waals surface area (Å²) >= 11 is 0. The Bertz CT molecular complexity index is 725. The fourth-order valence-corrected chi connectivity index (χ4v) is 2.98. The quantitative estimate of drug-likeness (QED) is 0.864. The summed E-state index contributed by atoms with van der Waals surface area (Å²) in [5.74, 6) is 0.133. The lowest BCUT2D eigenvalue weighted by Gasteiger charge is -2.35. The fraction of sp³-hybridized carbons (Fsp3) is 0.600. The second kappa shape index (κ2) is 5.75. The number of amides is 1. The minimum absolute atomic E-state index is 0.0477. The minimum Gasteiger partial charge on any atom is -0.336 e. The van der Waals surface area contributed by atoms with Gasteiger partial charge in [0.15, 0.2) is 5.82 Å². The van der Waals surface area contributed by atoms with Crippen LogP contribution in [0.4, 0.5) is 4.39 Å². The van der Waals surface area contributed by atoms with Gasteiger partial charge in [-0.1, -0.05) is 5.16 Å². The first-order chi connectivity index (χ1) is 10.9. The minimum atomic E-state index is -1.79. The van der Waals surface area contributed by atoms with Gasteiger partial charge in [0.05, 0.1) is 18.3 Å². The summed E-state index contributed by atoms with van der Waals surface area (Å²) in [4.78, 5) is 18.2. The van der Waals surface area contributed by atoms with E-state index in [1.807, 2.05) is 13.8 Å². The molecule has 1 saturated heterocycles. The summed E-state index contributed by atoms with van der Waals surface area (Å²) < 4.78 is 22.0. The molecule has 124 valence electrons. The molecule has 0 aliphatic carbocycles. The van der Waals surface area contributed by atoms with E-state index in [0.29, 0.717) is 30.9 Å². The zero-order valence-electron chi connectivity index (χ0n) is 13.5. The van der Waals surface area contributed by atoms with Gasteiger partial charge in [0.2, 0.25) is 5.67 Å². The SMILES string of the molecule is CCn1ncc(C(=O)N2CCC[C@@](F)(c3nc(C)no3)C2)c1C. The number of halogens is 1. The van der Waals surface area contributed by atoms with Crippen molar-refractivity contribution in [2.24, 2.45) is 0 Å². The highest BCUT2D eigenvalue weighted by Gasteiger charge is 2.44. The Hall–Kier alpha value is -2.25. The van der Waals surface area contributed by atoms with E-state index in [1.165, 1.54) is 4.90 Å². The van der Waals surface area contributed by atoms with Crippen LogP contribution in [0.5, 0.6) is 0 Å². The van der Waals surface area contributed by atoms with E-state index in [2.05, 4.69) is 15.2 Å². The number of carbonyl (C=O) groups is 1. The molecule has 3 rings (SSSR count). The lowest BCUT2D eigenvalue weighted by molar-refractivity contribution is 0.0152. The lowest BCUT2D eigenvalue weighted by atomic mass is 9.94. The molecule has 0 N–H and O–H groups in total. The van der Waals surface area contributed by atoms with Gasteiger partial charge in [0, 0.05) is 18.8 Å². The third-order valence-electron chi connectivity index (χ3n) is 4.27. The van der Waals surface area contributed by atoms with Crippen LogP contribution < -0.4 is 0 Å². The number of rotatable bonds is 3. The summed E-state index contributed by atoms with van der Waals surface area (Å²) in [6.07, 6.45) is 2.36. The zero-order chi connectivity index (χ0) is 16.6. The smallest absolute Gasteiger partial charge is 0.266 e. The maximum Gasteiger partial charge on any atom is 0.266 e. The van der Waals surface area contributed by atoms with E-state index in [9.17, 15) is 4.79 Å². The average molecular weight is 321 g/mol. The molecule has 23 heavy (non-hydrogen) atoms. The molecule has 8 heteroatoms. The number of alkyl halides is 1. The molecule has 1 atom stereocenters. The highest BCUT2D eigenvalue weighted by molar-refractivity contribution is 5.95. The molecule has 1 aliphatic rings. The van der Waals surface area contributed by atoms with Gasteiger partial charge in [-0.15, -0.1) is 0 Å². The summed E-state index contributed by atoms with van der Waals surface area (Å²) in [6.45, 7) is 6.56. The monoisotopic (exact) mass is 321 g/mol. The molecule has 1 aliphatic heterocycles. The third-order valence-corrected chi connectivity index (χ3v) is 4.27. The molecule has 0 bridgehead atoms. The second-order valence-corrected chi connectivity index (χ2v) is 5.90. The van der Waals surface area contributed by atoms with Crippen molar-refractivity contribution in [2.75, 3.05) is 13.1 Å². The van der Waals surface area contributed by atoms with E-state index in [-0.39, 0.29) is 24.8 Å². The Labute approximate surface area is 133 Å². The Morgan fingerprint density at radius 2 is 2.26 bits per heavy atom. The molecule has 1 fully saturated rings. The number of hydrogen-bond donors (Lipinski definition) is 0. The van der Waals surface area contributed by atoms with Crippen molar-refractivity contribution in [1.82, 2.24) is 24.8 Å². The molecular weight excluding hydrogens is 301 g/mol. The van der Waals surface area contributed by atoms with E-state index < -0.39 is 5.67 Å². The van der Waals surface area contributed by atoms with Crippen LogP contribution in [0, 0.1) is 13.8 Å². The highest BCUT2D eigenvalue weighted by Crippen LogP contribution is 2.35. The van der Waals surface area contributed by atoms with E-state index in [0.717, 1.165) is 5.69 Å². The number of nitrogens with zero attached hydrogens (tertiary/aromatic N) is 5. The first kappa shape index (κ1) is 15.6. The first-order valence-electron chi connectivity index (χ1n) is 7.76. The van der Waals surface area contributed by atoms with E-state index >= 15 is 4.39 Å². The summed E-state index contributed by atoms with van der Waals surface area (Å²) in [7, 11) is 0. The molecule has 7 nitrogen and oxygen atoms in total. The Kier molecular flexibility index (Phi) is 3.91. The van der Waals surface area contributed by atoms with Crippen LogP contribution in [0.15, 0.2) is 10.7 Å². The van der Waals surface area contributed by atoms with Gasteiger partial charge in [0.1, 0.15) is 0 Å². The third kappa shape index (κ3) is 2.73. The van der Waals surface area contributed by atoms with Crippen LogP contribution >= 0.6 is 0 Å². The lowest BCUT2D eigenvalue weighted by Crippen LogP contribution is -2.46. The molecule has 0 unspecified atom stereocenters. The summed E-state index contributed by atoms with van der Waals surface area (Å²) in [6, 6.07) is 0. The normalized spacial score (nSPS) is 21.7. The number of aryl methyl sites for hydroxylation is 2. The van der Waals surface area contributed by atoms with Gasteiger partial charge in [0.25, 0.3) is 11.8 Å². The predicted octanol–water partition coefficient (Wildman–Crippen LogP) is 2.00. The van der Waals surface area contributed by atoms with Gasteiger partial charge in [-0.3, -0.25) is 9.48 Å². The molecule has 2 aromatic heterocycles. The van der Waals surface area contributed by atoms with Gasteiger partial charge in [-0.25, -0.2) is 4.39 Å². The highest BCUT2D eigenvalue weighted by atomic mass is 19.1. The molecule has 0 spiro atoms. The van der Waals surface area contributed by atoms with Crippen molar-refractivity contribution in [2.45, 2.75) is 45.8 Å². The Morgan fingerprint density at radius 1 is 1.48 bits per heavy atom. The van der Waals surface area contributed by atoms with Crippen molar-refractivity contribution in [1.29, 1.82) is 0 Å². The van der Waals surface area contributed by atoms with Crippen LogP contribution in [0.3, 0.4) is 0 Å². The molecule has 1 amide bonds. The van der Waals surface area contributed by atoms with Crippen molar-refractivity contribution < 1.29 is 13.7 Å². The van der Waals surface area contributed by atoms with Crippen LogP contribution in [0.2, 0.25) is 0 Å². The molecular formula is C15H20FN5O2. The topological polar surface area (TPSA) is 77.1 Å². The number of aromatic nitrogens is 4. The van der Waals surface area contributed by atoms with E-state index in [1.54, 1.807) is 17.8 Å². The van der Waals surface area contributed by atoms with Gasteiger partial charge >= 0.3 is 0 Å². The number of carbonyl (C=O) groups excluding carboxylic acids is 1. The largest absolute Gasteiger partial charge is 0.336 e. The van der Waals surface area contributed by atoms with Gasteiger partial charge in [-0.05, 0) is 33.6 Å². The standard InChI is InChI=1S/C15H20FN5O2/c1-4-21-10(2)12(8-17-21)13(22)20-7-5-6-15(16,9-20)14-18-11(3)19-23-14/h8H,4-7,9H2,1-3H3/t15-/m0/s1. The van der Waals surface area contributed by atoms with Gasteiger partial charge in [-0.2, -0.15) is 10.1 Å². The maximum absolute atomic E-state index is 15.2. The molecule has 0 aromatic carbocycles. The Morgan fingerprint density at radius 3 is 2.87 bits per heavy atom. The second-order valence-electron chi connectivity index (χ2n) is 5.90. The van der Waals surface area contributed by atoms with Crippen LogP contribution in [0.1, 0.15) is 47.5 Å². The molecule has 2 aromatic rings. The first-order valence-corrected chi connectivity index (χ1v) is 7.76. The summed E-state index contributed by atoms with van der Waals surface area (Å²) in [5.41, 5.74) is -0.483. The average Bonchev–Trinajstić information content (AvgIpc) is 3.13. The molecule has 0 saturated carbocycles. The van der Waals surface area contributed by atoms with Crippen molar-refractivity contribution in [3.63, 3.8) is 0 Å². The van der Waals surface area contributed by atoms with Crippen LogP contribution in [0.25, 0.3) is 0 Å². The number of piperidine rings is 1. The maximum atomic E-state index is 15.2. The predicted molar refractivity (Wildman–Crippen MR) is 79.6 cm³/mol. The number of likely N-dealkylation sites (tertiary alicyclic amines) is 1. The van der Waals surface area contributed by atoms with Crippen molar-refractivity contribution in [3.05, 3.63) is 29.2 Å². The zero-order valence-corrected chi connectivity index (χ0v) is 13.5. The molecule has 0 radical (unpaired) electrons. The number of hydrogen-bond acceptors (Lipinski definition) is 5. The van der Waals surface area contributed by atoms with Crippen molar-refractivity contribution in [3.8, 4) is 0 Å². The van der Waals surface area contributed by atoms with Crippen LogP contribution in [-0.4, -0.2) is 43.8 Å². The van der Waals surface area contributed by atoms with Gasteiger partial charge < -0.3 is 9.42 Å². The van der Waals surface area contributed by atoms with E-state index in [4.69, 9.17) is 4.52 Å². The van der Waals surface area contributed by atoms with Crippen LogP contribution in [-0.2, 0) is 12.2 Å².